The largest absolute Gasteiger partial charge is 0.379 e. The van der Waals surface area contributed by atoms with Crippen LogP contribution in [0.2, 0.25) is 0 Å². The van der Waals surface area contributed by atoms with Crippen LogP contribution in [0.4, 0.5) is 10.9 Å². The van der Waals surface area contributed by atoms with Gasteiger partial charge in [0.2, 0.25) is 11.8 Å². The second-order valence-electron chi connectivity index (χ2n) is 22.4. The molecule has 6 aliphatic rings. The van der Waals surface area contributed by atoms with Crippen molar-refractivity contribution in [3.05, 3.63) is 124 Å². The van der Waals surface area contributed by atoms with Crippen molar-refractivity contribution in [2.45, 2.75) is 97.3 Å². The van der Waals surface area contributed by atoms with Gasteiger partial charge in [0.15, 0.2) is 5.13 Å². The second-order valence-corrected chi connectivity index (χ2v) is 23.4. The summed E-state index contributed by atoms with van der Waals surface area (Å²) >= 11 is 1.45. The van der Waals surface area contributed by atoms with E-state index in [1.54, 1.807) is 11.0 Å². The average Bonchev–Trinajstić information content (AvgIpc) is 4.22. The molecule has 3 aromatic carbocycles. The maximum atomic E-state index is 14.4. The molecule has 3 saturated carbocycles. The summed E-state index contributed by atoms with van der Waals surface area (Å²) in [5, 5.41) is 14.0. The zero-order chi connectivity index (χ0) is 53.5. The molecule has 78 heavy (non-hydrogen) atoms. The van der Waals surface area contributed by atoms with Crippen molar-refractivity contribution in [2.24, 2.45) is 29.1 Å². The van der Waals surface area contributed by atoms with E-state index in [2.05, 4.69) is 50.4 Å². The van der Waals surface area contributed by atoms with E-state index in [1.807, 2.05) is 66.9 Å². The van der Waals surface area contributed by atoms with Crippen LogP contribution in [0.5, 0.6) is 0 Å². The van der Waals surface area contributed by atoms with Crippen LogP contribution in [0.25, 0.3) is 21.3 Å². The lowest BCUT2D eigenvalue weighted by Gasteiger charge is -2.70. The van der Waals surface area contributed by atoms with Crippen molar-refractivity contribution in [2.75, 3.05) is 62.9 Å². The number of hydrogen-bond acceptors (Lipinski definition) is 13. The van der Waals surface area contributed by atoms with E-state index in [9.17, 15) is 24.0 Å². The Morgan fingerprint density at radius 3 is 2.46 bits per heavy atom. The summed E-state index contributed by atoms with van der Waals surface area (Å²) in [6.07, 6.45) is 9.92. The first kappa shape index (κ1) is 51.9. The molecular weight excluding hydrogens is 1010 g/mol. The molecule has 17 nitrogen and oxygen atoms in total. The lowest BCUT2D eigenvalue weighted by atomic mass is 9.35. The molecule has 12 rings (SSSR count). The Hall–Kier alpha value is -6.86. The minimum atomic E-state index is -0.639. The van der Waals surface area contributed by atoms with Gasteiger partial charge in [0.05, 0.1) is 49.4 Å². The maximum Gasteiger partial charge on any atom is 0.270 e. The number of carbonyl (C=O) groups excluding carboxylic acids is 5. The van der Waals surface area contributed by atoms with E-state index in [1.165, 1.54) is 37.0 Å². The molecule has 6 atom stereocenters. The van der Waals surface area contributed by atoms with Crippen molar-refractivity contribution in [3.8, 4) is 11.1 Å². The van der Waals surface area contributed by atoms with Gasteiger partial charge in [-0.15, -0.1) is 0 Å². The molecule has 6 aromatic rings. The van der Waals surface area contributed by atoms with Gasteiger partial charge in [-0.3, -0.25) is 39.3 Å². The van der Waals surface area contributed by atoms with Gasteiger partial charge in [-0.05, 0) is 146 Å². The van der Waals surface area contributed by atoms with Crippen LogP contribution < -0.4 is 20.9 Å². The number of ether oxygens (including phenoxy) is 3. The third-order valence-electron chi connectivity index (χ3n) is 17.5. The molecule has 0 radical (unpaired) electrons. The molecule has 3 aromatic heterocycles. The number of aromatic nitrogens is 4. The van der Waals surface area contributed by atoms with Gasteiger partial charge in [-0.1, -0.05) is 54.7 Å². The van der Waals surface area contributed by atoms with Gasteiger partial charge in [-0.25, -0.2) is 9.97 Å². The van der Waals surface area contributed by atoms with E-state index in [-0.39, 0.29) is 43.2 Å². The van der Waals surface area contributed by atoms with E-state index in [4.69, 9.17) is 24.3 Å². The summed E-state index contributed by atoms with van der Waals surface area (Å²) in [7, 11) is 0. The van der Waals surface area contributed by atoms with Crippen LogP contribution in [-0.4, -0.2) is 113 Å². The standard InChI is InChI=1S/C60H67N9O8S/c1-36-28-40-29-41-31-60(30-36,53(40)41)35-69-37(2)45(32-62-69)42-15-17-51(67-21-19-39-9-5-11-43(46(39)33-67)55(71)66-59-63-48-13-3-4-14-50(48)78-59)64-54(42)57(73)61-20-23-76-25-27-77-26-24-75-22-7-10-38-8-6-12-44-47(38)34-68(58(44)74)49-16-18-52(70)65-56(49)72/h3-6,8-9,11-15,17,32,36,40-41,49,53H,7,10,16,18-31,33-35H2,1-2H3,(H,61,73)(H,63,66,71)(H,65,70,72). The predicted octanol–water partition coefficient (Wildman–Crippen LogP) is 7.92. The van der Waals surface area contributed by atoms with Crippen LogP contribution >= 0.6 is 11.3 Å². The Balaban J connectivity index is 0.642. The number of carbonyl (C=O) groups is 5. The molecular formula is C60H67N9O8S. The number of para-hydroxylation sites is 1. The van der Waals surface area contributed by atoms with Gasteiger partial charge < -0.3 is 29.3 Å². The van der Waals surface area contributed by atoms with E-state index >= 15 is 0 Å². The number of pyridine rings is 1. The molecule has 5 amide bonds. The summed E-state index contributed by atoms with van der Waals surface area (Å²) in [5.74, 6) is 2.52. The molecule has 3 aliphatic heterocycles. The number of imide groups is 1. The first-order valence-corrected chi connectivity index (χ1v) is 28.6. The topological polar surface area (TPSA) is 199 Å². The first-order valence-electron chi connectivity index (χ1n) is 27.8. The number of hydrogen-bond donors (Lipinski definition) is 3. The summed E-state index contributed by atoms with van der Waals surface area (Å²) in [4.78, 5) is 79.1. The highest BCUT2D eigenvalue weighted by Gasteiger charge is 2.65. The smallest absolute Gasteiger partial charge is 0.270 e. The lowest BCUT2D eigenvalue weighted by Crippen LogP contribution is -2.64. The average molecular weight is 1070 g/mol. The van der Waals surface area contributed by atoms with Crippen LogP contribution in [0.15, 0.2) is 79.0 Å². The molecule has 406 valence electrons. The molecule has 18 heteroatoms. The van der Waals surface area contributed by atoms with Gasteiger partial charge in [0.25, 0.3) is 17.7 Å². The summed E-state index contributed by atoms with van der Waals surface area (Å²) in [6, 6.07) is 22.8. The first-order chi connectivity index (χ1) is 38.0. The summed E-state index contributed by atoms with van der Waals surface area (Å²) in [5.41, 5.74) is 9.37. The Morgan fingerprint density at radius 1 is 0.808 bits per heavy atom. The quantitative estimate of drug-likeness (QED) is 0.0466. The molecule has 1 saturated heterocycles. The van der Waals surface area contributed by atoms with Crippen molar-refractivity contribution in [1.82, 2.24) is 35.3 Å². The minimum Gasteiger partial charge on any atom is -0.379 e. The van der Waals surface area contributed by atoms with E-state index in [0.29, 0.717) is 98.7 Å². The molecule has 3 aliphatic carbocycles. The number of piperidine rings is 1. The predicted molar refractivity (Wildman–Crippen MR) is 295 cm³/mol. The van der Waals surface area contributed by atoms with Crippen molar-refractivity contribution in [1.29, 1.82) is 0 Å². The Bertz CT molecular complexity index is 3270. The SMILES string of the molecule is Cc1c(-c2ccc(N3CCc4cccc(C(=O)Nc5nc6ccccc6s5)c4C3)nc2C(=O)NCCOCCOCCOCCCc2cccc3c2CN(C2CCC(=O)NC2=O)C3=O)cnn1CC12CC(C)CC3CC(C1)C32. The highest BCUT2D eigenvalue weighted by atomic mass is 32.1. The lowest BCUT2D eigenvalue weighted by molar-refractivity contribution is -0.214. The van der Waals surface area contributed by atoms with Crippen LogP contribution in [0.3, 0.4) is 0 Å². The normalized spacial score (nSPS) is 23.1. The summed E-state index contributed by atoms with van der Waals surface area (Å²) in [6.45, 7) is 9.53. The summed E-state index contributed by atoms with van der Waals surface area (Å²) < 4.78 is 20.7. The van der Waals surface area contributed by atoms with E-state index < -0.39 is 11.9 Å². The number of fused-ring (bicyclic) bond motifs is 3. The van der Waals surface area contributed by atoms with Crippen LogP contribution in [0, 0.1) is 36.0 Å². The number of anilines is 2. The fourth-order valence-corrected chi connectivity index (χ4v) is 14.8. The number of nitrogens with one attached hydrogen (secondary N) is 3. The Kier molecular flexibility index (Phi) is 14.7. The van der Waals surface area contributed by atoms with Crippen molar-refractivity contribution in [3.63, 3.8) is 0 Å². The molecule has 6 unspecified atom stereocenters. The number of thiazole rings is 1. The zero-order valence-corrected chi connectivity index (χ0v) is 45.2. The highest BCUT2D eigenvalue weighted by Crippen LogP contribution is 2.71. The molecule has 0 spiro atoms. The molecule has 4 fully saturated rings. The monoisotopic (exact) mass is 1070 g/mol. The second kappa shape index (κ2) is 22.1. The minimum absolute atomic E-state index is 0.172. The number of aryl methyl sites for hydroxylation is 1. The van der Waals surface area contributed by atoms with E-state index in [0.717, 1.165) is 92.3 Å². The van der Waals surface area contributed by atoms with Gasteiger partial charge in [-0.2, -0.15) is 5.10 Å². The van der Waals surface area contributed by atoms with Gasteiger partial charge in [0.1, 0.15) is 17.6 Å². The number of amides is 5. The van der Waals surface area contributed by atoms with Crippen molar-refractivity contribution >= 4 is 62.0 Å². The fraction of sp³-hybridized carbons (Fsp3) is 0.467. The fourth-order valence-electron chi connectivity index (χ4n) is 13.9. The molecule has 6 heterocycles. The molecule has 0 bridgehead atoms. The van der Waals surface area contributed by atoms with Crippen molar-refractivity contribution < 1.29 is 38.2 Å². The maximum absolute atomic E-state index is 14.4. The Morgan fingerprint density at radius 2 is 1.63 bits per heavy atom. The van der Waals surface area contributed by atoms with Crippen LogP contribution in [0.1, 0.15) is 111 Å². The number of nitrogens with zero attached hydrogens (tertiary/aromatic N) is 6. The zero-order valence-electron chi connectivity index (χ0n) is 44.4. The highest BCUT2D eigenvalue weighted by molar-refractivity contribution is 7.22. The van der Waals surface area contributed by atoms with Gasteiger partial charge >= 0.3 is 0 Å². The third kappa shape index (κ3) is 10.2. The van der Waals surface area contributed by atoms with Crippen LogP contribution in [-0.2, 0) is 56.3 Å². The Labute approximate surface area is 457 Å². The third-order valence-corrected chi connectivity index (χ3v) is 18.4. The number of rotatable bonds is 21. The van der Waals surface area contributed by atoms with Gasteiger partial charge in [0, 0.05) is 73.7 Å². The molecule has 3 N–H and O–H groups in total. The number of benzene rings is 3.